The van der Waals surface area contributed by atoms with E-state index in [0.29, 0.717) is 23.7 Å². The lowest BCUT2D eigenvalue weighted by Crippen LogP contribution is -2.55. The zero-order chi connectivity index (χ0) is 23.0. The van der Waals surface area contributed by atoms with Crippen molar-refractivity contribution in [3.05, 3.63) is 29.3 Å². The maximum absolute atomic E-state index is 13.7. The van der Waals surface area contributed by atoms with Crippen molar-refractivity contribution in [1.29, 1.82) is 0 Å². The van der Waals surface area contributed by atoms with Gasteiger partial charge in [0.15, 0.2) is 0 Å². The third kappa shape index (κ3) is 3.60. The molecule has 174 valence electrons. The first-order chi connectivity index (χ1) is 15.4. The molecule has 6 atom stereocenters. The molecule has 1 aromatic rings. The number of nitrogens with zero attached hydrogens (tertiary/aromatic N) is 1. The summed E-state index contributed by atoms with van der Waals surface area (Å²) in [6.07, 6.45) is 1.99. The van der Waals surface area contributed by atoms with Crippen LogP contribution in [0.3, 0.4) is 0 Å². The van der Waals surface area contributed by atoms with E-state index in [1.165, 1.54) is 0 Å². The Hall–Kier alpha value is -1.77. The van der Waals surface area contributed by atoms with Gasteiger partial charge < -0.3 is 20.6 Å². The lowest BCUT2D eigenvalue weighted by Gasteiger charge is -2.38. The number of aliphatic hydroxyl groups is 1. The fourth-order valence-corrected chi connectivity index (χ4v) is 8.34. The molecule has 9 heteroatoms. The topological polar surface area (TPSA) is 98.7 Å². The van der Waals surface area contributed by atoms with Gasteiger partial charge in [0.25, 0.3) is 0 Å². The molecule has 0 radical (unpaired) electrons. The number of thioether (sulfide) groups is 1. The van der Waals surface area contributed by atoms with E-state index in [9.17, 15) is 19.5 Å². The molecule has 3 aliphatic heterocycles. The van der Waals surface area contributed by atoms with Gasteiger partial charge in [-0.2, -0.15) is 0 Å². The van der Waals surface area contributed by atoms with Crippen LogP contribution in [-0.4, -0.2) is 63.5 Å². The van der Waals surface area contributed by atoms with E-state index in [1.54, 1.807) is 40.9 Å². The Balaban J connectivity index is 1.71. The van der Waals surface area contributed by atoms with E-state index in [2.05, 4.69) is 17.6 Å². The molecule has 3 saturated heterocycles. The minimum atomic E-state index is -0.725. The summed E-state index contributed by atoms with van der Waals surface area (Å²) in [5, 5.41) is 15.8. The number of likely N-dealkylation sites (tertiary alicyclic amines) is 1. The zero-order valence-corrected chi connectivity index (χ0v) is 19.9. The molecule has 32 heavy (non-hydrogen) atoms. The molecule has 0 aliphatic carbocycles. The third-order valence-corrected chi connectivity index (χ3v) is 9.44. The fourth-order valence-electron chi connectivity index (χ4n) is 5.73. The van der Waals surface area contributed by atoms with Crippen molar-refractivity contribution in [2.45, 2.75) is 49.1 Å². The Morgan fingerprint density at radius 1 is 1.31 bits per heavy atom. The molecule has 1 spiro atoms. The van der Waals surface area contributed by atoms with Crippen LogP contribution in [0.25, 0.3) is 0 Å². The highest BCUT2D eigenvalue weighted by molar-refractivity contribution is 8.02. The van der Waals surface area contributed by atoms with Crippen molar-refractivity contribution < 1.29 is 19.5 Å². The molecule has 4 rings (SSSR count). The average Bonchev–Trinajstić information content (AvgIpc) is 3.36. The van der Waals surface area contributed by atoms with Crippen LogP contribution in [0, 0.1) is 17.8 Å². The van der Waals surface area contributed by atoms with Crippen molar-refractivity contribution in [3.63, 3.8) is 0 Å². The number of halogens is 1. The monoisotopic (exact) mass is 479 g/mol. The first-order valence-electron chi connectivity index (χ1n) is 11.3. The SMILES string of the molecule is CCCNC(=O)[C@@H]1[C@@H]2CC(C)C3(S2)C(C(=O)Nc2ccccc2Cl)N(CCCO)C(=O)[C@H]13. The lowest BCUT2D eigenvalue weighted by atomic mass is 9.66. The minimum Gasteiger partial charge on any atom is -0.396 e. The van der Waals surface area contributed by atoms with E-state index in [1.807, 2.05) is 6.92 Å². The highest BCUT2D eigenvalue weighted by Crippen LogP contribution is 2.68. The Bertz CT molecular complexity index is 915. The quantitative estimate of drug-likeness (QED) is 0.532. The van der Waals surface area contributed by atoms with E-state index < -0.39 is 22.6 Å². The molecule has 0 aromatic heterocycles. The Kier molecular flexibility index (Phi) is 6.75. The number of rotatable bonds is 8. The zero-order valence-electron chi connectivity index (χ0n) is 18.3. The number of carbonyl (C=O) groups excluding carboxylic acids is 3. The van der Waals surface area contributed by atoms with Crippen LogP contribution in [0.1, 0.15) is 33.1 Å². The predicted octanol–water partition coefficient (Wildman–Crippen LogP) is 2.52. The molecule has 0 saturated carbocycles. The Morgan fingerprint density at radius 2 is 2.06 bits per heavy atom. The van der Waals surface area contributed by atoms with Crippen LogP contribution < -0.4 is 10.6 Å². The normalized spacial score (nSPS) is 32.8. The molecule has 3 amide bonds. The number of aliphatic hydroxyl groups excluding tert-OH is 1. The molecule has 2 bridgehead atoms. The number of hydrogen-bond acceptors (Lipinski definition) is 5. The van der Waals surface area contributed by atoms with Gasteiger partial charge in [-0.25, -0.2) is 0 Å². The summed E-state index contributed by atoms with van der Waals surface area (Å²) in [6.45, 7) is 4.84. The maximum atomic E-state index is 13.7. The molecule has 3 aliphatic rings. The fraction of sp³-hybridized carbons (Fsp3) is 0.609. The highest BCUT2D eigenvalue weighted by Gasteiger charge is 2.75. The van der Waals surface area contributed by atoms with Crippen molar-refractivity contribution in [2.75, 3.05) is 25.0 Å². The molecule has 3 fully saturated rings. The van der Waals surface area contributed by atoms with Crippen LogP contribution >= 0.6 is 23.4 Å². The first-order valence-corrected chi connectivity index (χ1v) is 12.5. The van der Waals surface area contributed by atoms with Gasteiger partial charge in [-0.15, -0.1) is 11.8 Å². The molecule has 7 nitrogen and oxygen atoms in total. The summed E-state index contributed by atoms with van der Waals surface area (Å²) in [5.41, 5.74) is 0.496. The number of hydrogen-bond donors (Lipinski definition) is 3. The second kappa shape index (κ2) is 9.23. The van der Waals surface area contributed by atoms with E-state index in [-0.39, 0.29) is 42.0 Å². The largest absolute Gasteiger partial charge is 0.396 e. The number of anilines is 1. The van der Waals surface area contributed by atoms with Crippen LogP contribution in [0.5, 0.6) is 0 Å². The summed E-state index contributed by atoms with van der Waals surface area (Å²) < 4.78 is -0.670. The van der Waals surface area contributed by atoms with Gasteiger partial charge in [0.05, 0.1) is 27.3 Å². The minimum absolute atomic E-state index is 0.0198. The molecular formula is C23H30ClN3O4S. The summed E-state index contributed by atoms with van der Waals surface area (Å²) in [6, 6.07) is 6.28. The van der Waals surface area contributed by atoms with E-state index >= 15 is 0 Å². The van der Waals surface area contributed by atoms with Crippen molar-refractivity contribution in [2.24, 2.45) is 17.8 Å². The molecular weight excluding hydrogens is 450 g/mol. The van der Waals surface area contributed by atoms with Crippen molar-refractivity contribution in [3.8, 4) is 0 Å². The number of fused-ring (bicyclic) bond motifs is 1. The van der Waals surface area contributed by atoms with Crippen LogP contribution in [0.4, 0.5) is 5.69 Å². The van der Waals surface area contributed by atoms with Gasteiger partial charge in [-0.3, -0.25) is 14.4 Å². The highest BCUT2D eigenvalue weighted by atomic mass is 35.5. The van der Waals surface area contributed by atoms with Gasteiger partial charge in [0, 0.05) is 24.9 Å². The lowest BCUT2D eigenvalue weighted by molar-refractivity contribution is -0.139. The van der Waals surface area contributed by atoms with Crippen LogP contribution in [0.15, 0.2) is 24.3 Å². The number of benzene rings is 1. The van der Waals surface area contributed by atoms with Crippen molar-refractivity contribution in [1.82, 2.24) is 10.2 Å². The summed E-state index contributed by atoms with van der Waals surface area (Å²) in [4.78, 5) is 42.0. The Morgan fingerprint density at radius 3 is 2.75 bits per heavy atom. The predicted molar refractivity (Wildman–Crippen MR) is 125 cm³/mol. The number of nitrogens with one attached hydrogen (secondary N) is 2. The van der Waals surface area contributed by atoms with Crippen LogP contribution in [0.2, 0.25) is 5.02 Å². The van der Waals surface area contributed by atoms with Gasteiger partial charge in [-0.05, 0) is 37.3 Å². The second-order valence-electron chi connectivity index (χ2n) is 8.92. The van der Waals surface area contributed by atoms with Crippen LogP contribution in [-0.2, 0) is 14.4 Å². The van der Waals surface area contributed by atoms with E-state index in [4.69, 9.17) is 11.6 Å². The number of para-hydroxylation sites is 1. The standard InChI is InChI=1S/C23H30ClN3O4S/c1-3-9-25-20(29)17-16-12-13(2)23(32-16)18(17)22(31)27(10-6-11-28)19(23)21(30)26-15-8-5-4-7-14(15)24/h4-5,7-8,13,16-19,28H,3,6,9-12H2,1-2H3,(H,25,29)(H,26,30)/t13?,16-,17+,18-,19?,23?/m0/s1. The van der Waals surface area contributed by atoms with Gasteiger partial charge in [-0.1, -0.05) is 37.6 Å². The van der Waals surface area contributed by atoms with Gasteiger partial charge in [0.1, 0.15) is 6.04 Å². The third-order valence-electron chi connectivity index (χ3n) is 7.03. The first kappa shape index (κ1) is 23.4. The molecule has 3 N–H and O–H groups in total. The number of carbonyl (C=O) groups is 3. The smallest absolute Gasteiger partial charge is 0.248 e. The molecule has 3 heterocycles. The summed E-state index contributed by atoms with van der Waals surface area (Å²) in [5.74, 6) is -1.42. The van der Waals surface area contributed by atoms with Crippen molar-refractivity contribution >= 4 is 46.8 Å². The number of amides is 3. The van der Waals surface area contributed by atoms with E-state index in [0.717, 1.165) is 12.8 Å². The van der Waals surface area contributed by atoms with Gasteiger partial charge >= 0.3 is 0 Å². The second-order valence-corrected chi connectivity index (χ2v) is 10.9. The summed E-state index contributed by atoms with van der Waals surface area (Å²) >= 11 is 7.91. The van der Waals surface area contributed by atoms with Gasteiger partial charge in [0.2, 0.25) is 17.7 Å². The Labute approximate surface area is 197 Å². The summed E-state index contributed by atoms with van der Waals surface area (Å²) in [7, 11) is 0. The molecule has 1 aromatic carbocycles. The maximum Gasteiger partial charge on any atom is 0.248 e. The average molecular weight is 480 g/mol. The molecule has 3 unspecified atom stereocenters.